The Morgan fingerprint density at radius 1 is 1.67 bits per heavy atom. The number of carbonyl (C=O) groups excluding carboxylic acids is 1. The van der Waals surface area contributed by atoms with E-state index in [1.165, 1.54) is 6.08 Å². The van der Waals surface area contributed by atoms with Gasteiger partial charge in [-0.05, 0) is 6.08 Å². The molecule has 0 spiro atoms. The second-order valence-corrected chi connectivity index (χ2v) is 1.76. The first kappa shape index (κ1) is 5.86. The van der Waals surface area contributed by atoms with Gasteiger partial charge < -0.3 is 5.11 Å². The lowest BCUT2D eigenvalue weighted by molar-refractivity contribution is 0.420. The van der Waals surface area contributed by atoms with Crippen LogP contribution in [0.3, 0.4) is 0 Å². The highest BCUT2D eigenvalue weighted by Gasteiger charge is 2.03. The van der Waals surface area contributed by atoms with Crippen molar-refractivity contribution < 1.29 is 9.90 Å². The maximum Gasteiger partial charge on any atom is 0.132 e. The van der Waals surface area contributed by atoms with Gasteiger partial charge in [-0.1, -0.05) is 12.2 Å². The first-order valence-electron chi connectivity index (χ1n) is 2.64. The number of aliphatic hydroxyl groups is 1. The highest BCUT2D eigenvalue weighted by atomic mass is 16.3. The summed E-state index contributed by atoms with van der Waals surface area (Å²) in [5.41, 5.74) is 0.331. The molecule has 1 N–H and O–H groups in total. The Bertz CT molecular complexity index is 217. The summed E-state index contributed by atoms with van der Waals surface area (Å²) in [6.45, 7) is 0. The van der Waals surface area contributed by atoms with Gasteiger partial charge in [0, 0.05) is 6.42 Å². The van der Waals surface area contributed by atoms with E-state index >= 15 is 0 Å². The summed E-state index contributed by atoms with van der Waals surface area (Å²) in [4.78, 5) is 9.97. The van der Waals surface area contributed by atoms with Gasteiger partial charge in [0.2, 0.25) is 0 Å². The van der Waals surface area contributed by atoms with Crippen LogP contribution in [0.1, 0.15) is 6.42 Å². The molecule has 0 atom stereocenters. The fourth-order valence-electron chi connectivity index (χ4n) is 0.644. The van der Waals surface area contributed by atoms with Crippen LogP contribution in [0.4, 0.5) is 0 Å². The van der Waals surface area contributed by atoms with E-state index in [2.05, 4.69) is 0 Å². The van der Waals surface area contributed by atoms with E-state index in [0.29, 0.717) is 12.0 Å². The van der Waals surface area contributed by atoms with Crippen molar-refractivity contribution in [2.45, 2.75) is 6.42 Å². The minimum atomic E-state index is 0.0347. The molecule has 0 aliphatic heterocycles. The average Bonchev–Trinajstić information content (AvgIpc) is 1.89. The largest absolute Gasteiger partial charge is 0.507 e. The molecule has 46 valence electrons. The Balaban J connectivity index is 2.96. The second-order valence-electron chi connectivity index (χ2n) is 1.76. The van der Waals surface area contributed by atoms with Gasteiger partial charge in [0.05, 0.1) is 5.57 Å². The van der Waals surface area contributed by atoms with Gasteiger partial charge in [-0.2, -0.15) is 0 Å². The minimum absolute atomic E-state index is 0.0347. The van der Waals surface area contributed by atoms with Gasteiger partial charge in [0.25, 0.3) is 0 Å². The summed E-state index contributed by atoms with van der Waals surface area (Å²) in [6, 6.07) is 0. The van der Waals surface area contributed by atoms with E-state index in [-0.39, 0.29) is 5.76 Å². The fraction of sp³-hybridized carbons (Fsp3) is 0.143. The zero-order valence-corrected chi connectivity index (χ0v) is 4.79. The molecule has 0 saturated carbocycles. The zero-order valence-electron chi connectivity index (χ0n) is 4.79. The van der Waals surface area contributed by atoms with Crippen LogP contribution < -0.4 is 0 Å². The van der Waals surface area contributed by atoms with E-state index < -0.39 is 0 Å². The van der Waals surface area contributed by atoms with Gasteiger partial charge in [-0.15, -0.1) is 0 Å². The molecule has 1 rings (SSSR count). The van der Waals surface area contributed by atoms with Crippen LogP contribution in [0, 0.1) is 0 Å². The molecule has 0 aromatic rings. The standard InChI is InChI=1S/C7H6O2/c8-5-6-3-1-2-4-7(6)9/h1-2,4,9H,3H2. The summed E-state index contributed by atoms with van der Waals surface area (Å²) in [5, 5.41) is 8.88. The molecule has 0 bridgehead atoms. The third-order valence-electron chi connectivity index (χ3n) is 1.14. The molecule has 0 heterocycles. The molecule has 0 amide bonds. The van der Waals surface area contributed by atoms with Crippen molar-refractivity contribution >= 4 is 5.94 Å². The number of aliphatic hydroxyl groups excluding tert-OH is 1. The van der Waals surface area contributed by atoms with Crippen molar-refractivity contribution in [3.05, 3.63) is 29.6 Å². The maximum absolute atomic E-state index is 9.97. The fourth-order valence-corrected chi connectivity index (χ4v) is 0.644. The average molecular weight is 122 g/mol. The number of hydrogen-bond donors (Lipinski definition) is 1. The summed E-state index contributed by atoms with van der Waals surface area (Å²) >= 11 is 0. The Morgan fingerprint density at radius 2 is 2.44 bits per heavy atom. The number of rotatable bonds is 0. The van der Waals surface area contributed by atoms with Crippen LogP contribution in [0.25, 0.3) is 0 Å². The zero-order chi connectivity index (χ0) is 6.69. The molecule has 0 aromatic carbocycles. The minimum Gasteiger partial charge on any atom is -0.507 e. The molecule has 0 saturated heterocycles. The van der Waals surface area contributed by atoms with Crippen LogP contribution in [0.15, 0.2) is 29.6 Å². The van der Waals surface area contributed by atoms with Gasteiger partial charge in [-0.25, -0.2) is 4.79 Å². The Labute approximate surface area is 52.8 Å². The molecule has 0 unspecified atom stereocenters. The SMILES string of the molecule is O=C=C1CC=CC=C1O. The van der Waals surface area contributed by atoms with Gasteiger partial charge >= 0.3 is 0 Å². The lowest BCUT2D eigenvalue weighted by Crippen LogP contribution is -1.91. The van der Waals surface area contributed by atoms with Gasteiger partial charge in [0.15, 0.2) is 0 Å². The van der Waals surface area contributed by atoms with Crippen molar-refractivity contribution in [2.24, 2.45) is 0 Å². The quantitative estimate of drug-likeness (QED) is 0.489. The molecule has 9 heavy (non-hydrogen) atoms. The van der Waals surface area contributed by atoms with Crippen LogP contribution >= 0.6 is 0 Å². The maximum atomic E-state index is 9.97. The van der Waals surface area contributed by atoms with Crippen LogP contribution in [-0.4, -0.2) is 11.0 Å². The van der Waals surface area contributed by atoms with Crippen molar-refractivity contribution in [3.63, 3.8) is 0 Å². The molecule has 0 fully saturated rings. The smallest absolute Gasteiger partial charge is 0.132 e. The van der Waals surface area contributed by atoms with E-state index in [4.69, 9.17) is 5.11 Å². The van der Waals surface area contributed by atoms with Crippen LogP contribution in [0.2, 0.25) is 0 Å². The Hall–Kier alpha value is -1.27. The summed E-state index contributed by atoms with van der Waals surface area (Å²) in [6.07, 6.45) is 5.46. The molecule has 0 aromatic heterocycles. The summed E-state index contributed by atoms with van der Waals surface area (Å²) < 4.78 is 0. The van der Waals surface area contributed by atoms with Gasteiger partial charge in [-0.3, -0.25) is 0 Å². The van der Waals surface area contributed by atoms with E-state index in [0.717, 1.165) is 0 Å². The van der Waals surface area contributed by atoms with Crippen molar-refractivity contribution in [2.75, 3.05) is 0 Å². The first-order valence-corrected chi connectivity index (χ1v) is 2.64. The summed E-state index contributed by atoms with van der Waals surface area (Å²) in [5.74, 6) is 1.69. The third-order valence-corrected chi connectivity index (χ3v) is 1.14. The Morgan fingerprint density at radius 3 is 2.89 bits per heavy atom. The normalized spacial score (nSPS) is 16.9. The van der Waals surface area contributed by atoms with Crippen molar-refractivity contribution in [3.8, 4) is 0 Å². The molecule has 2 nitrogen and oxygen atoms in total. The van der Waals surface area contributed by atoms with Crippen LogP contribution in [0.5, 0.6) is 0 Å². The molecule has 1 aliphatic carbocycles. The molecule has 0 radical (unpaired) electrons. The van der Waals surface area contributed by atoms with Crippen LogP contribution in [-0.2, 0) is 4.79 Å². The number of allylic oxidation sites excluding steroid dienone is 4. The van der Waals surface area contributed by atoms with E-state index in [1.54, 1.807) is 18.1 Å². The second kappa shape index (κ2) is 2.33. The van der Waals surface area contributed by atoms with Gasteiger partial charge in [0.1, 0.15) is 11.7 Å². The molecular formula is C7H6O2. The van der Waals surface area contributed by atoms with Crippen molar-refractivity contribution in [1.29, 1.82) is 0 Å². The third kappa shape index (κ3) is 1.09. The predicted octanol–water partition coefficient (Wildman–Crippen LogP) is 1.15. The monoisotopic (exact) mass is 122 g/mol. The highest BCUT2D eigenvalue weighted by molar-refractivity contribution is 5.61. The Kier molecular flexibility index (Phi) is 1.52. The molecule has 2 heteroatoms. The van der Waals surface area contributed by atoms with E-state index in [1.807, 2.05) is 0 Å². The summed E-state index contributed by atoms with van der Waals surface area (Å²) in [7, 11) is 0. The van der Waals surface area contributed by atoms with Crippen molar-refractivity contribution in [1.82, 2.24) is 0 Å². The lowest BCUT2D eigenvalue weighted by Gasteiger charge is -2.00. The molecule has 1 aliphatic rings. The lowest BCUT2D eigenvalue weighted by atomic mass is 10.1. The molecular weight excluding hydrogens is 116 g/mol. The highest BCUT2D eigenvalue weighted by Crippen LogP contribution is 2.12. The number of hydrogen-bond acceptors (Lipinski definition) is 2. The predicted molar refractivity (Wildman–Crippen MR) is 33.7 cm³/mol. The van der Waals surface area contributed by atoms with E-state index in [9.17, 15) is 4.79 Å². The first-order chi connectivity index (χ1) is 4.34. The topological polar surface area (TPSA) is 37.3 Å².